The molecule has 1 aliphatic heterocycles. The Kier molecular flexibility index (Phi) is 5.79. The third-order valence-corrected chi connectivity index (χ3v) is 4.32. The molecule has 0 spiro atoms. The van der Waals surface area contributed by atoms with Crippen LogP contribution in [0.5, 0.6) is 0 Å². The van der Waals surface area contributed by atoms with Crippen LogP contribution in [0.3, 0.4) is 0 Å². The number of nitriles is 1. The number of likely N-dealkylation sites (tertiary alicyclic amines) is 1. The van der Waals surface area contributed by atoms with Gasteiger partial charge in [-0.15, -0.1) is 0 Å². The number of amides is 1. The number of hydrogen-bond acceptors (Lipinski definition) is 4. The summed E-state index contributed by atoms with van der Waals surface area (Å²) in [6.07, 6.45) is 2.25. The molecule has 0 saturated carbocycles. The summed E-state index contributed by atoms with van der Waals surface area (Å²) in [5.41, 5.74) is 1.84. The number of nitrogens with zero attached hydrogens (tertiary/aromatic N) is 3. The third-order valence-electron chi connectivity index (χ3n) is 4.32. The number of hydrogen-bond donors (Lipinski definition) is 1. The Morgan fingerprint density at radius 3 is 2.55 bits per heavy atom. The van der Waals surface area contributed by atoms with E-state index in [0.717, 1.165) is 38.2 Å². The molecule has 1 aromatic carbocycles. The average molecular weight is 300 g/mol. The molecular weight excluding hydrogens is 276 g/mol. The molecule has 2 rings (SSSR count). The second kappa shape index (κ2) is 7.81. The molecule has 5 nitrogen and oxygen atoms in total. The number of benzene rings is 1. The zero-order chi connectivity index (χ0) is 15.9. The van der Waals surface area contributed by atoms with Gasteiger partial charge in [0, 0.05) is 26.3 Å². The minimum Gasteiger partial charge on any atom is -0.374 e. The van der Waals surface area contributed by atoms with E-state index in [1.165, 1.54) is 0 Å². The summed E-state index contributed by atoms with van der Waals surface area (Å²) in [4.78, 5) is 15.9. The van der Waals surface area contributed by atoms with Crippen LogP contribution in [0.25, 0.3) is 0 Å². The molecule has 0 bridgehead atoms. The molecule has 0 aromatic heterocycles. The van der Waals surface area contributed by atoms with Crippen LogP contribution < -0.4 is 10.2 Å². The first-order chi connectivity index (χ1) is 10.6. The maximum absolute atomic E-state index is 11.4. The van der Waals surface area contributed by atoms with Crippen molar-refractivity contribution in [1.29, 1.82) is 5.26 Å². The van der Waals surface area contributed by atoms with E-state index >= 15 is 0 Å². The molecule has 1 aliphatic rings. The van der Waals surface area contributed by atoms with Gasteiger partial charge in [0.1, 0.15) is 0 Å². The Balaban J connectivity index is 1.80. The number of carbonyl (C=O) groups is 1. The molecular formula is C17H24N4O. The van der Waals surface area contributed by atoms with E-state index in [0.29, 0.717) is 18.0 Å². The summed E-state index contributed by atoms with van der Waals surface area (Å²) >= 11 is 0. The standard InChI is InChI=1S/C17H24N4O/c1-19-17(22)13-21-9-7-15(8-10-21)12-20(2)16-5-3-14(11-18)4-6-16/h3-6,15H,7-10,12-13H2,1-2H3,(H,19,22). The molecule has 22 heavy (non-hydrogen) atoms. The van der Waals surface area contributed by atoms with E-state index in [4.69, 9.17) is 5.26 Å². The molecule has 1 fully saturated rings. The number of likely N-dealkylation sites (N-methyl/N-ethyl adjacent to an activating group) is 1. The first kappa shape index (κ1) is 16.3. The summed E-state index contributed by atoms with van der Waals surface area (Å²) in [6.45, 7) is 3.49. The van der Waals surface area contributed by atoms with E-state index in [1.54, 1.807) is 7.05 Å². The van der Waals surface area contributed by atoms with E-state index in [2.05, 4.69) is 28.2 Å². The Morgan fingerprint density at radius 2 is 2.00 bits per heavy atom. The first-order valence-electron chi connectivity index (χ1n) is 7.76. The van der Waals surface area contributed by atoms with Crippen molar-refractivity contribution in [3.63, 3.8) is 0 Å². The van der Waals surface area contributed by atoms with Gasteiger partial charge in [0.15, 0.2) is 0 Å². The summed E-state index contributed by atoms with van der Waals surface area (Å²) in [6, 6.07) is 9.86. The fourth-order valence-electron chi connectivity index (χ4n) is 2.89. The van der Waals surface area contributed by atoms with Crippen LogP contribution >= 0.6 is 0 Å². The largest absolute Gasteiger partial charge is 0.374 e. The molecule has 1 N–H and O–H groups in total. The summed E-state index contributed by atoms with van der Waals surface area (Å²) in [7, 11) is 3.78. The zero-order valence-electron chi connectivity index (χ0n) is 13.4. The highest BCUT2D eigenvalue weighted by Gasteiger charge is 2.21. The predicted molar refractivity (Wildman–Crippen MR) is 87.7 cm³/mol. The van der Waals surface area contributed by atoms with Crippen molar-refractivity contribution in [2.45, 2.75) is 12.8 Å². The lowest BCUT2D eigenvalue weighted by Crippen LogP contribution is -2.42. The molecule has 1 saturated heterocycles. The topological polar surface area (TPSA) is 59.4 Å². The lowest BCUT2D eigenvalue weighted by Gasteiger charge is -2.34. The Morgan fingerprint density at radius 1 is 1.36 bits per heavy atom. The normalized spacial score (nSPS) is 16.0. The van der Waals surface area contributed by atoms with Crippen LogP contribution in [0.4, 0.5) is 5.69 Å². The van der Waals surface area contributed by atoms with Gasteiger partial charge in [0.2, 0.25) is 5.91 Å². The maximum Gasteiger partial charge on any atom is 0.233 e. The van der Waals surface area contributed by atoms with Gasteiger partial charge >= 0.3 is 0 Å². The molecule has 118 valence electrons. The van der Waals surface area contributed by atoms with Gasteiger partial charge in [-0.3, -0.25) is 9.69 Å². The maximum atomic E-state index is 11.4. The molecule has 0 radical (unpaired) electrons. The fourth-order valence-corrected chi connectivity index (χ4v) is 2.89. The number of nitrogens with one attached hydrogen (secondary N) is 1. The van der Waals surface area contributed by atoms with Crippen molar-refractivity contribution in [1.82, 2.24) is 10.2 Å². The van der Waals surface area contributed by atoms with Crippen molar-refractivity contribution in [3.05, 3.63) is 29.8 Å². The highest BCUT2D eigenvalue weighted by Crippen LogP contribution is 2.21. The Hall–Kier alpha value is -2.06. The van der Waals surface area contributed by atoms with E-state index in [-0.39, 0.29) is 5.91 Å². The highest BCUT2D eigenvalue weighted by molar-refractivity contribution is 5.77. The summed E-state index contributed by atoms with van der Waals surface area (Å²) in [5, 5.41) is 11.5. The smallest absolute Gasteiger partial charge is 0.233 e. The number of anilines is 1. The van der Waals surface area contributed by atoms with Crippen molar-refractivity contribution < 1.29 is 4.79 Å². The first-order valence-corrected chi connectivity index (χ1v) is 7.76. The Labute approximate surface area is 132 Å². The van der Waals surface area contributed by atoms with Gasteiger partial charge in [-0.1, -0.05) is 0 Å². The SMILES string of the molecule is CNC(=O)CN1CCC(CN(C)c2ccc(C#N)cc2)CC1. The number of carbonyl (C=O) groups excluding carboxylic acids is 1. The average Bonchev–Trinajstić information content (AvgIpc) is 2.56. The monoisotopic (exact) mass is 300 g/mol. The lowest BCUT2D eigenvalue weighted by atomic mass is 9.96. The quantitative estimate of drug-likeness (QED) is 0.894. The van der Waals surface area contributed by atoms with Crippen LogP contribution in [0, 0.1) is 17.2 Å². The highest BCUT2D eigenvalue weighted by atomic mass is 16.1. The van der Waals surface area contributed by atoms with Crippen LogP contribution in [-0.2, 0) is 4.79 Å². The van der Waals surface area contributed by atoms with Crippen LogP contribution in [0.2, 0.25) is 0 Å². The molecule has 0 aliphatic carbocycles. The van der Waals surface area contributed by atoms with Gasteiger partial charge in [-0.2, -0.15) is 5.26 Å². The van der Waals surface area contributed by atoms with Crippen molar-refractivity contribution in [3.8, 4) is 6.07 Å². The number of piperidine rings is 1. The van der Waals surface area contributed by atoms with Crippen molar-refractivity contribution >= 4 is 11.6 Å². The molecule has 1 heterocycles. The molecule has 1 aromatic rings. The summed E-state index contributed by atoms with van der Waals surface area (Å²) in [5.74, 6) is 0.745. The van der Waals surface area contributed by atoms with Crippen molar-refractivity contribution in [2.75, 3.05) is 45.2 Å². The minimum absolute atomic E-state index is 0.0909. The Bertz CT molecular complexity index is 527. The third kappa shape index (κ3) is 4.47. The van der Waals surface area contributed by atoms with Gasteiger partial charge in [0.05, 0.1) is 18.2 Å². The fraction of sp³-hybridized carbons (Fsp3) is 0.529. The van der Waals surface area contributed by atoms with E-state index in [1.807, 2.05) is 24.3 Å². The zero-order valence-corrected chi connectivity index (χ0v) is 13.4. The van der Waals surface area contributed by atoms with Gasteiger partial charge < -0.3 is 10.2 Å². The van der Waals surface area contributed by atoms with Crippen LogP contribution in [0.1, 0.15) is 18.4 Å². The lowest BCUT2D eigenvalue weighted by molar-refractivity contribution is -0.122. The van der Waals surface area contributed by atoms with E-state index < -0.39 is 0 Å². The molecule has 1 amide bonds. The molecule has 0 atom stereocenters. The van der Waals surface area contributed by atoms with Crippen LogP contribution in [0.15, 0.2) is 24.3 Å². The van der Waals surface area contributed by atoms with Gasteiger partial charge in [-0.05, 0) is 56.1 Å². The summed E-state index contributed by atoms with van der Waals surface area (Å²) < 4.78 is 0. The second-order valence-corrected chi connectivity index (χ2v) is 5.93. The predicted octanol–water partition coefficient (Wildman–Crippen LogP) is 1.45. The van der Waals surface area contributed by atoms with Gasteiger partial charge in [0.25, 0.3) is 0 Å². The van der Waals surface area contributed by atoms with Crippen molar-refractivity contribution in [2.24, 2.45) is 5.92 Å². The van der Waals surface area contributed by atoms with E-state index in [9.17, 15) is 4.79 Å². The second-order valence-electron chi connectivity index (χ2n) is 5.93. The number of rotatable bonds is 5. The van der Waals surface area contributed by atoms with Gasteiger partial charge in [-0.25, -0.2) is 0 Å². The molecule has 5 heteroatoms. The molecule has 0 unspecified atom stereocenters. The van der Waals surface area contributed by atoms with Crippen LogP contribution in [-0.4, -0.2) is 51.1 Å². The minimum atomic E-state index is 0.0909.